The second kappa shape index (κ2) is 12.2. The molecule has 1 amide bonds. The predicted octanol–water partition coefficient (Wildman–Crippen LogP) is 5.62. The van der Waals surface area contributed by atoms with E-state index in [2.05, 4.69) is 16.0 Å². The number of carbonyl (C=O) groups is 2. The number of esters is 1. The van der Waals surface area contributed by atoms with Crippen LogP contribution >= 0.6 is 58.4 Å². The molecule has 1 aliphatic rings. The van der Waals surface area contributed by atoms with Gasteiger partial charge in [-0.1, -0.05) is 65.1 Å². The molecule has 0 saturated heterocycles. The molecule has 0 saturated carbocycles. The van der Waals surface area contributed by atoms with Gasteiger partial charge in [-0.3, -0.25) is 4.79 Å². The first-order valence-electron chi connectivity index (χ1n) is 10.7. The largest absolute Gasteiger partial charge is 0.462 e. The van der Waals surface area contributed by atoms with Gasteiger partial charge in [0, 0.05) is 11.0 Å². The van der Waals surface area contributed by atoms with Crippen molar-refractivity contribution in [3.8, 4) is 0 Å². The number of benzene rings is 1. The highest BCUT2D eigenvalue weighted by molar-refractivity contribution is 7.80. The van der Waals surface area contributed by atoms with Crippen molar-refractivity contribution in [2.75, 3.05) is 11.9 Å². The van der Waals surface area contributed by atoms with Gasteiger partial charge >= 0.3 is 5.97 Å². The zero-order valence-electron chi connectivity index (χ0n) is 18.3. The van der Waals surface area contributed by atoms with Crippen LogP contribution in [-0.2, 0) is 22.4 Å². The molecule has 1 heterocycles. The third-order valence-electron chi connectivity index (χ3n) is 4.99. The molecule has 1 atom stereocenters. The van der Waals surface area contributed by atoms with Gasteiger partial charge in [-0.25, -0.2) is 4.79 Å². The van der Waals surface area contributed by atoms with E-state index in [1.54, 1.807) is 13.0 Å². The summed E-state index contributed by atoms with van der Waals surface area (Å²) < 4.78 is 3.36. The fraction of sp³-hybridized carbons (Fsp3) is 0.348. The summed E-state index contributed by atoms with van der Waals surface area (Å²) in [4.78, 5) is 26.2. The molecule has 0 fully saturated rings. The Morgan fingerprint density at radius 1 is 1.18 bits per heavy atom. The molecule has 0 radical (unpaired) electrons. The number of carbonyl (C=O) groups excluding carboxylic acids is 2. The number of thiophene rings is 1. The van der Waals surface area contributed by atoms with Crippen molar-refractivity contribution in [2.24, 2.45) is 0 Å². The first-order chi connectivity index (χ1) is 16.2. The summed E-state index contributed by atoms with van der Waals surface area (Å²) in [6.07, 6.45) is 5.63. The first-order valence-corrected chi connectivity index (χ1v) is 13.0. The Labute approximate surface area is 223 Å². The Morgan fingerprint density at radius 3 is 2.56 bits per heavy atom. The Bertz CT molecular complexity index is 1070. The van der Waals surface area contributed by atoms with E-state index in [-0.39, 0.29) is 11.7 Å². The summed E-state index contributed by atoms with van der Waals surface area (Å²) in [6, 6.07) is 9.32. The van der Waals surface area contributed by atoms with Gasteiger partial charge in [0.15, 0.2) is 5.11 Å². The van der Waals surface area contributed by atoms with E-state index < -0.39 is 21.8 Å². The highest BCUT2D eigenvalue weighted by Crippen LogP contribution is 2.38. The van der Waals surface area contributed by atoms with Gasteiger partial charge in [0.1, 0.15) is 11.2 Å². The number of rotatable bonds is 7. The lowest BCUT2D eigenvalue weighted by molar-refractivity contribution is -0.117. The number of aryl methyl sites for hydroxylation is 1. The van der Waals surface area contributed by atoms with E-state index in [0.717, 1.165) is 41.7 Å². The highest BCUT2D eigenvalue weighted by atomic mass is 35.6. The summed E-state index contributed by atoms with van der Waals surface area (Å²) in [5.74, 6) is -0.876. The van der Waals surface area contributed by atoms with Gasteiger partial charge in [0.05, 0.1) is 12.2 Å². The van der Waals surface area contributed by atoms with Crippen molar-refractivity contribution < 1.29 is 14.3 Å². The summed E-state index contributed by atoms with van der Waals surface area (Å²) >= 11 is 25.1. The number of halogens is 3. The van der Waals surface area contributed by atoms with Gasteiger partial charge in [0.25, 0.3) is 0 Å². The smallest absolute Gasteiger partial charge is 0.341 e. The first kappa shape index (κ1) is 26.8. The number of nitrogens with one attached hydrogen (secondary N) is 3. The minimum absolute atomic E-state index is 0.0906. The molecule has 11 heteroatoms. The standard InChI is InChI=1S/C23H24Cl3N3O3S2/c1-2-32-20(31)18-15-10-6-7-11-16(15)34-19(18)28-22(33)29-21(23(24,25)26)27-17(30)13-12-14-8-4-3-5-9-14/h3-5,8-9,12-13,21H,2,6-7,10-11H2,1H3,(H,27,30)(H2,28,29,33). The zero-order valence-corrected chi connectivity index (χ0v) is 22.2. The molecule has 3 rings (SSSR count). The van der Waals surface area contributed by atoms with Crippen LogP contribution in [0.4, 0.5) is 5.00 Å². The number of hydrogen-bond acceptors (Lipinski definition) is 5. The molecule has 0 spiro atoms. The van der Waals surface area contributed by atoms with E-state index in [1.165, 1.54) is 17.4 Å². The van der Waals surface area contributed by atoms with Crippen molar-refractivity contribution in [1.29, 1.82) is 0 Å². The van der Waals surface area contributed by atoms with E-state index >= 15 is 0 Å². The topological polar surface area (TPSA) is 79.5 Å². The molecule has 6 nitrogen and oxygen atoms in total. The molecule has 1 unspecified atom stereocenters. The van der Waals surface area contributed by atoms with Crippen LogP contribution in [0.25, 0.3) is 6.08 Å². The maximum Gasteiger partial charge on any atom is 0.341 e. The van der Waals surface area contributed by atoms with Gasteiger partial charge in [-0.05, 0) is 62.0 Å². The maximum absolute atomic E-state index is 12.6. The molecule has 1 aromatic carbocycles. The van der Waals surface area contributed by atoms with Crippen LogP contribution in [0.5, 0.6) is 0 Å². The summed E-state index contributed by atoms with van der Waals surface area (Å²) in [5.41, 5.74) is 2.34. The Kier molecular flexibility index (Phi) is 9.62. The van der Waals surface area contributed by atoms with Crippen molar-refractivity contribution >= 4 is 86.4 Å². The van der Waals surface area contributed by atoms with Gasteiger partial charge in [-0.15, -0.1) is 11.3 Å². The van der Waals surface area contributed by atoms with E-state index in [4.69, 9.17) is 51.8 Å². The second-order valence-electron chi connectivity index (χ2n) is 7.46. The lowest BCUT2D eigenvalue weighted by Gasteiger charge is -2.27. The van der Waals surface area contributed by atoms with Crippen molar-refractivity contribution in [2.45, 2.75) is 42.6 Å². The summed E-state index contributed by atoms with van der Waals surface area (Å²) in [5, 5.41) is 9.12. The monoisotopic (exact) mass is 559 g/mol. The van der Waals surface area contributed by atoms with Crippen LogP contribution in [0.3, 0.4) is 0 Å². The van der Waals surface area contributed by atoms with Crippen LogP contribution in [0, 0.1) is 0 Å². The molecule has 34 heavy (non-hydrogen) atoms. The Morgan fingerprint density at radius 2 is 1.88 bits per heavy atom. The average molecular weight is 561 g/mol. The van der Waals surface area contributed by atoms with E-state index in [0.29, 0.717) is 10.6 Å². The van der Waals surface area contributed by atoms with Crippen LogP contribution in [0.2, 0.25) is 0 Å². The van der Waals surface area contributed by atoms with Crippen molar-refractivity contribution in [3.05, 3.63) is 58.0 Å². The Hall–Kier alpha value is -1.84. The molecular weight excluding hydrogens is 537 g/mol. The third-order valence-corrected chi connectivity index (χ3v) is 7.08. The van der Waals surface area contributed by atoms with Gasteiger partial charge < -0.3 is 20.7 Å². The van der Waals surface area contributed by atoms with Crippen LogP contribution in [0.15, 0.2) is 36.4 Å². The highest BCUT2D eigenvalue weighted by Gasteiger charge is 2.35. The number of fused-ring (bicyclic) bond motifs is 1. The van der Waals surface area contributed by atoms with Crippen molar-refractivity contribution in [1.82, 2.24) is 10.6 Å². The number of alkyl halides is 3. The molecule has 1 aromatic heterocycles. The maximum atomic E-state index is 12.6. The van der Waals surface area contributed by atoms with Crippen LogP contribution in [0.1, 0.15) is 46.1 Å². The predicted molar refractivity (Wildman–Crippen MR) is 144 cm³/mol. The number of amides is 1. The number of thiocarbonyl (C=S) groups is 1. The fourth-order valence-corrected chi connectivity index (χ4v) is 5.36. The molecule has 0 aliphatic heterocycles. The minimum Gasteiger partial charge on any atom is -0.462 e. The number of anilines is 1. The molecule has 182 valence electrons. The SMILES string of the molecule is CCOC(=O)c1c(NC(=S)NC(NC(=O)C=Cc2ccccc2)C(Cl)(Cl)Cl)sc2c1CCCC2. The Balaban J connectivity index is 1.72. The number of ether oxygens (including phenoxy) is 1. The molecule has 1 aliphatic carbocycles. The summed E-state index contributed by atoms with van der Waals surface area (Å²) in [6.45, 7) is 2.03. The van der Waals surface area contributed by atoms with Crippen LogP contribution in [-0.4, -0.2) is 33.6 Å². The van der Waals surface area contributed by atoms with Gasteiger partial charge in [-0.2, -0.15) is 0 Å². The number of hydrogen-bond donors (Lipinski definition) is 3. The lowest BCUT2D eigenvalue weighted by Crippen LogP contribution is -2.55. The van der Waals surface area contributed by atoms with E-state index in [9.17, 15) is 9.59 Å². The van der Waals surface area contributed by atoms with E-state index in [1.807, 2.05) is 30.3 Å². The molecular formula is C23H24Cl3N3O3S2. The van der Waals surface area contributed by atoms with Crippen molar-refractivity contribution in [3.63, 3.8) is 0 Å². The lowest BCUT2D eigenvalue weighted by atomic mass is 9.95. The molecule has 0 bridgehead atoms. The third kappa shape index (κ3) is 7.33. The fourth-order valence-electron chi connectivity index (χ4n) is 3.47. The second-order valence-corrected chi connectivity index (χ2v) is 11.3. The van der Waals surface area contributed by atoms with Gasteiger partial charge in [0.2, 0.25) is 9.70 Å². The zero-order chi connectivity index (χ0) is 24.7. The average Bonchev–Trinajstić information content (AvgIpc) is 3.15. The molecule has 3 N–H and O–H groups in total. The summed E-state index contributed by atoms with van der Waals surface area (Å²) in [7, 11) is 0. The van der Waals surface area contributed by atoms with Crippen LogP contribution < -0.4 is 16.0 Å². The quantitative estimate of drug-likeness (QED) is 0.134. The minimum atomic E-state index is -1.90. The normalized spacial score (nSPS) is 14.2. The molecule has 2 aromatic rings.